The molecule has 2 aromatic rings. The number of rotatable bonds is 1. The number of pyridine rings is 1. The lowest BCUT2D eigenvalue weighted by Gasteiger charge is -2.01. The Morgan fingerprint density at radius 2 is 2.07 bits per heavy atom. The molecule has 2 heterocycles. The predicted molar refractivity (Wildman–Crippen MR) is 57.4 cm³/mol. The third-order valence-corrected chi connectivity index (χ3v) is 2.32. The fourth-order valence-corrected chi connectivity index (χ4v) is 1.49. The first-order valence-electron chi connectivity index (χ1n) is 3.96. The van der Waals surface area contributed by atoms with Gasteiger partial charge in [-0.25, -0.2) is 9.97 Å². The molecule has 0 aliphatic rings. The lowest BCUT2D eigenvalue weighted by molar-refractivity contribution is 1.17. The Hall–Kier alpha value is -1.49. The number of halogens is 1. The smallest absolute Gasteiger partial charge is 0.162 e. The highest BCUT2D eigenvalue weighted by atomic mass is 79.9. The quantitative estimate of drug-likeness (QED) is 0.840. The molecule has 0 spiro atoms. The highest BCUT2D eigenvalue weighted by Gasteiger charge is 2.04. The lowest BCUT2D eigenvalue weighted by atomic mass is 10.2. The van der Waals surface area contributed by atoms with Crippen molar-refractivity contribution < 1.29 is 0 Å². The fourth-order valence-electron chi connectivity index (χ4n) is 1.06. The van der Waals surface area contributed by atoms with Gasteiger partial charge in [-0.15, -0.1) is 0 Å². The van der Waals surface area contributed by atoms with Crippen LogP contribution in [0.3, 0.4) is 0 Å². The number of hydrogen-bond acceptors (Lipinski definition) is 4. The molecule has 0 aliphatic carbocycles. The van der Waals surface area contributed by atoms with E-state index in [1.807, 2.05) is 6.07 Å². The summed E-state index contributed by atoms with van der Waals surface area (Å²) in [7, 11) is 0. The minimum Gasteiger partial charge on any atom is -0.384 e. The Bertz CT molecular complexity index is 458. The number of anilines is 1. The van der Waals surface area contributed by atoms with E-state index in [0.29, 0.717) is 11.6 Å². The van der Waals surface area contributed by atoms with Gasteiger partial charge in [0.15, 0.2) is 5.82 Å². The number of nitrogens with zero attached hydrogens (tertiary/aromatic N) is 3. The van der Waals surface area contributed by atoms with Crippen molar-refractivity contribution in [3.8, 4) is 11.4 Å². The summed E-state index contributed by atoms with van der Waals surface area (Å²) in [4.78, 5) is 12.2. The van der Waals surface area contributed by atoms with Crippen LogP contribution in [0.15, 0.2) is 35.2 Å². The molecule has 0 fully saturated rings. The summed E-state index contributed by atoms with van der Waals surface area (Å²) in [5, 5.41) is 0. The zero-order valence-corrected chi connectivity index (χ0v) is 8.77. The third-order valence-electron chi connectivity index (χ3n) is 1.69. The lowest BCUT2D eigenvalue weighted by Crippen LogP contribution is -1.95. The average molecular weight is 251 g/mol. The molecule has 0 saturated carbocycles. The van der Waals surface area contributed by atoms with E-state index in [1.165, 1.54) is 0 Å². The Morgan fingerprint density at radius 3 is 2.79 bits per heavy atom. The van der Waals surface area contributed by atoms with E-state index in [9.17, 15) is 0 Å². The van der Waals surface area contributed by atoms with Crippen LogP contribution in [0.25, 0.3) is 11.4 Å². The van der Waals surface area contributed by atoms with Gasteiger partial charge in [0.25, 0.3) is 0 Å². The Morgan fingerprint density at radius 1 is 1.21 bits per heavy atom. The zero-order chi connectivity index (χ0) is 9.97. The van der Waals surface area contributed by atoms with Crippen LogP contribution in [0.1, 0.15) is 0 Å². The van der Waals surface area contributed by atoms with E-state index in [-0.39, 0.29) is 0 Å². The summed E-state index contributed by atoms with van der Waals surface area (Å²) >= 11 is 3.37. The Kier molecular flexibility index (Phi) is 2.41. The van der Waals surface area contributed by atoms with Gasteiger partial charge in [-0.05, 0) is 28.1 Å². The SMILES string of the molecule is Nc1ccnc(-c2ccncc2Br)n1. The average Bonchev–Trinajstić information content (AvgIpc) is 2.18. The van der Waals surface area contributed by atoms with Crippen LogP contribution in [-0.2, 0) is 0 Å². The molecule has 2 rings (SSSR count). The summed E-state index contributed by atoms with van der Waals surface area (Å²) in [5.41, 5.74) is 6.45. The van der Waals surface area contributed by atoms with E-state index in [4.69, 9.17) is 5.73 Å². The molecule has 0 bridgehead atoms. The highest BCUT2D eigenvalue weighted by Crippen LogP contribution is 2.23. The maximum absolute atomic E-state index is 5.56. The number of nitrogen functional groups attached to an aromatic ring is 1. The van der Waals surface area contributed by atoms with Gasteiger partial charge in [0, 0.05) is 28.6 Å². The van der Waals surface area contributed by atoms with Gasteiger partial charge in [-0.2, -0.15) is 0 Å². The minimum absolute atomic E-state index is 0.457. The standard InChI is InChI=1S/C9H7BrN4/c10-7-5-12-3-1-6(7)9-13-4-2-8(11)14-9/h1-5H,(H2,11,13,14). The van der Waals surface area contributed by atoms with Gasteiger partial charge in [0.2, 0.25) is 0 Å². The van der Waals surface area contributed by atoms with E-state index in [1.54, 1.807) is 24.7 Å². The van der Waals surface area contributed by atoms with Gasteiger partial charge in [-0.1, -0.05) is 0 Å². The topological polar surface area (TPSA) is 64.7 Å². The largest absolute Gasteiger partial charge is 0.384 e. The molecule has 0 aliphatic heterocycles. The van der Waals surface area contributed by atoms with Crippen LogP contribution in [0.5, 0.6) is 0 Å². The first-order valence-corrected chi connectivity index (χ1v) is 4.75. The molecule has 0 radical (unpaired) electrons. The second-order valence-electron chi connectivity index (χ2n) is 2.66. The maximum Gasteiger partial charge on any atom is 0.162 e. The molecule has 4 nitrogen and oxygen atoms in total. The first kappa shape index (κ1) is 9.08. The molecule has 14 heavy (non-hydrogen) atoms. The van der Waals surface area contributed by atoms with Crippen molar-refractivity contribution in [3.05, 3.63) is 35.2 Å². The molecule has 2 N–H and O–H groups in total. The molecule has 0 atom stereocenters. The molecule has 0 saturated heterocycles. The second kappa shape index (κ2) is 3.71. The summed E-state index contributed by atoms with van der Waals surface area (Å²) < 4.78 is 0.852. The van der Waals surface area contributed by atoms with Crippen molar-refractivity contribution in [2.24, 2.45) is 0 Å². The number of aromatic nitrogens is 3. The molecule has 0 unspecified atom stereocenters. The third kappa shape index (κ3) is 1.72. The molecular weight excluding hydrogens is 244 g/mol. The first-order chi connectivity index (χ1) is 6.77. The second-order valence-corrected chi connectivity index (χ2v) is 3.51. The monoisotopic (exact) mass is 250 g/mol. The molecule has 0 amide bonds. The van der Waals surface area contributed by atoms with Crippen LogP contribution >= 0.6 is 15.9 Å². The van der Waals surface area contributed by atoms with Crippen LogP contribution in [0.4, 0.5) is 5.82 Å². The molecular formula is C9H7BrN4. The van der Waals surface area contributed by atoms with Crippen LogP contribution in [0, 0.1) is 0 Å². The predicted octanol–water partition coefficient (Wildman–Crippen LogP) is 1.88. The fraction of sp³-hybridized carbons (Fsp3) is 0. The summed E-state index contributed by atoms with van der Waals surface area (Å²) in [6.45, 7) is 0. The molecule has 70 valence electrons. The van der Waals surface area contributed by atoms with E-state index >= 15 is 0 Å². The van der Waals surface area contributed by atoms with E-state index < -0.39 is 0 Å². The highest BCUT2D eigenvalue weighted by molar-refractivity contribution is 9.10. The summed E-state index contributed by atoms with van der Waals surface area (Å²) in [6.07, 6.45) is 5.01. The van der Waals surface area contributed by atoms with Crippen molar-refractivity contribution in [3.63, 3.8) is 0 Å². The van der Waals surface area contributed by atoms with Gasteiger partial charge >= 0.3 is 0 Å². The van der Waals surface area contributed by atoms with Crippen LogP contribution in [0.2, 0.25) is 0 Å². The molecule has 2 aromatic heterocycles. The number of hydrogen-bond donors (Lipinski definition) is 1. The molecule has 0 aromatic carbocycles. The maximum atomic E-state index is 5.56. The Labute approximate surface area is 89.4 Å². The van der Waals surface area contributed by atoms with Crippen LogP contribution in [-0.4, -0.2) is 15.0 Å². The number of nitrogens with two attached hydrogens (primary N) is 1. The summed E-state index contributed by atoms with van der Waals surface area (Å²) in [6, 6.07) is 3.48. The zero-order valence-electron chi connectivity index (χ0n) is 7.18. The van der Waals surface area contributed by atoms with Gasteiger partial charge in [0.1, 0.15) is 5.82 Å². The normalized spacial score (nSPS) is 10.1. The van der Waals surface area contributed by atoms with Crippen LogP contribution < -0.4 is 5.73 Å². The van der Waals surface area contributed by atoms with Crippen molar-refractivity contribution in [2.45, 2.75) is 0 Å². The van der Waals surface area contributed by atoms with E-state index in [0.717, 1.165) is 10.0 Å². The van der Waals surface area contributed by atoms with Crippen molar-refractivity contribution in [1.29, 1.82) is 0 Å². The van der Waals surface area contributed by atoms with Crippen molar-refractivity contribution >= 4 is 21.7 Å². The van der Waals surface area contributed by atoms with E-state index in [2.05, 4.69) is 30.9 Å². The molecule has 5 heteroatoms. The van der Waals surface area contributed by atoms with Gasteiger partial charge in [0.05, 0.1) is 0 Å². The van der Waals surface area contributed by atoms with Gasteiger partial charge < -0.3 is 5.73 Å². The van der Waals surface area contributed by atoms with Gasteiger partial charge in [-0.3, -0.25) is 4.98 Å². The Balaban J connectivity index is 2.55. The minimum atomic E-state index is 0.457. The van der Waals surface area contributed by atoms with Crippen molar-refractivity contribution in [1.82, 2.24) is 15.0 Å². The summed E-state index contributed by atoms with van der Waals surface area (Å²) in [5.74, 6) is 1.05. The van der Waals surface area contributed by atoms with Crippen molar-refractivity contribution in [2.75, 3.05) is 5.73 Å².